The minimum absolute atomic E-state index is 0.127. The lowest BCUT2D eigenvalue weighted by atomic mass is 10.1. The van der Waals surface area contributed by atoms with Crippen molar-refractivity contribution in [3.8, 4) is 5.75 Å². The highest BCUT2D eigenvalue weighted by Gasteiger charge is 2.26. The highest BCUT2D eigenvalue weighted by atomic mass is 79.9. The molecule has 0 spiro atoms. The molecule has 0 fully saturated rings. The Morgan fingerprint density at radius 2 is 1.73 bits per heavy atom. The monoisotopic (exact) mass is 474 g/mol. The van der Waals surface area contributed by atoms with Crippen LogP contribution in [-0.4, -0.2) is 35.9 Å². The van der Waals surface area contributed by atoms with Crippen molar-refractivity contribution in [2.24, 2.45) is 0 Å². The third-order valence-electron chi connectivity index (χ3n) is 5.09. The van der Waals surface area contributed by atoms with E-state index in [4.69, 9.17) is 4.74 Å². The van der Waals surface area contributed by atoms with Gasteiger partial charge in [-0.1, -0.05) is 47.1 Å². The average molecular weight is 475 g/mol. The van der Waals surface area contributed by atoms with Gasteiger partial charge in [-0.2, -0.15) is 0 Å². The molecule has 0 radical (unpaired) electrons. The van der Waals surface area contributed by atoms with Crippen LogP contribution in [0, 0.1) is 20.8 Å². The number of nitrogens with zero attached hydrogens (tertiary/aromatic N) is 1. The van der Waals surface area contributed by atoms with Gasteiger partial charge in [0.15, 0.2) is 6.61 Å². The molecule has 0 aliphatic heterocycles. The predicted octanol–water partition coefficient (Wildman–Crippen LogP) is 4.70. The minimum atomic E-state index is -0.597. The zero-order valence-corrected chi connectivity index (χ0v) is 20.0. The Hall–Kier alpha value is -2.34. The van der Waals surface area contributed by atoms with Gasteiger partial charge in [-0.15, -0.1) is 0 Å². The van der Waals surface area contributed by atoms with Crippen molar-refractivity contribution >= 4 is 27.7 Å². The van der Waals surface area contributed by atoms with Crippen LogP contribution in [0.4, 0.5) is 0 Å². The van der Waals surface area contributed by atoms with Gasteiger partial charge < -0.3 is 15.0 Å². The molecule has 2 aromatic rings. The molecule has 1 atom stereocenters. The molecule has 1 N–H and O–H groups in total. The van der Waals surface area contributed by atoms with E-state index in [0.29, 0.717) is 18.8 Å². The zero-order chi connectivity index (χ0) is 22.3. The van der Waals surface area contributed by atoms with Crippen LogP contribution in [0.25, 0.3) is 0 Å². The minimum Gasteiger partial charge on any atom is -0.484 e. The smallest absolute Gasteiger partial charge is 0.261 e. The second-order valence-electron chi connectivity index (χ2n) is 7.57. The van der Waals surface area contributed by atoms with Crippen LogP contribution < -0.4 is 10.1 Å². The van der Waals surface area contributed by atoms with Gasteiger partial charge in [-0.3, -0.25) is 9.59 Å². The number of halogens is 1. The molecule has 30 heavy (non-hydrogen) atoms. The molecule has 162 valence electrons. The third kappa shape index (κ3) is 6.33. The number of carbonyl (C=O) groups excluding carboxylic acids is 2. The summed E-state index contributed by atoms with van der Waals surface area (Å²) in [6.45, 7) is 10.5. The van der Waals surface area contributed by atoms with Gasteiger partial charge in [-0.05, 0) is 68.5 Å². The predicted molar refractivity (Wildman–Crippen MR) is 124 cm³/mol. The first kappa shape index (κ1) is 23.9. The van der Waals surface area contributed by atoms with Crippen molar-refractivity contribution in [3.63, 3.8) is 0 Å². The number of rotatable bonds is 9. The maximum atomic E-state index is 13.1. The summed E-state index contributed by atoms with van der Waals surface area (Å²) in [5.74, 6) is 0.255. The molecule has 5 nitrogen and oxygen atoms in total. The summed E-state index contributed by atoms with van der Waals surface area (Å²) in [7, 11) is 0. The Morgan fingerprint density at radius 3 is 2.33 bits per heavy atom. The summed E-state index contributed by atoms with van der Waals surface area (Å²) in [4.78, 5) is 27.3. The summed E-state index contributed by atoms with van der Waals surface area (Å²) in [5.41, 5.74) is 4.18. The second kappa shape index (κ2) is 11.2. The molecule has 0 heterocycles. The van der Waals surface area contributed by atoms with E-state index in [9.17, 15) is 9.59 Å². The fourth-order valence-electron chi connectivity index (χ4n) is 3.17. The summed E-state index contributed by atoms with van der Waals surface area (Å²) in [5, 5.41) is 2.88. The Kier molecular flexibility index (Phi) is 8.90. The molecular formula is C24H31BrN2O3. The van der Waals surface area contributed by atoms with Gasteiger partial charge in [0.05, 0.1) is 0 Å². The zero-order valence-electron chi connectivity index (χ0n) is 18.4. The maximum absolute atomic E-state index is 13.1. The van der Waals surface area contributed by atoms with E-state index in [0.717, 1.165) is 33.1 Å². The lowest BCUT2D eigenvalue weighted by molar-refractivity contribution is -0.142. The topological polar surface area (TPSA) is 58.6 Å². The molecule has 2 aromatic carbocycles. The fraction of sp³-hybridized carbons (Fsp3) is 0.417. The van der Waals surface area contributed by atoms with Gasteiger partial charge in [0.1, 0.15) is 11.8 Å². The quantitative estimate of drug-likeness (QED) is 0.572. The first-order valence-electron chi connectivity index (χ1n) is 10.3. The molecule has 0 aliphatic carbocycles. The standard InChI is InChI=1S/C24H31BrN2O3/c1-6-11-26-24(29)19(5)27(14-20-10-8-7-9-16(20)2)22(28)15-30-21-12-17(3)23(25)18(4)13-21/h7-10,12-13,19H,6,11,14-15H2,1-5H3,(H,26,29). The Morgan fingerprint density at radius 1 is 1.10 bits per heavy atom. The first-order valence-corrected chi connectivity index (χ1v) is 11.0. The molecule has 0 saturated carbocycles. The molecule has 1 unspecified atom stereocenters. The first-order chi connectivity index (χ1) is 14.2. The number of aryl methyl sites for hydroxylation is 3. The molecule has 0 bridgehead atoms. The SMILES string of the molecule is CCCNC(=O)C(C)N(Cc1ccccc1C)C(=O)COc1cc(C)c(Br)c(C)c1. The van der Waals surface area contributed by atoms with Crippen molar-refractivity contribution in [1.82, 2.24) is 10.2 Å². The molecule has 0 saturated heterocycles. The van der Waals surface area contributed by atoms with Crippen LogP contribution >= 0.6 is 15.9 Å². The van der Waals surface area contributed by atoms with Crippen LogP contribution in [0.15, 0.2) is 40.9 Å². The van der Waals surface area contributed by atoms with E-state index < -0.39 is 6.04 Å². The van der Waals surface area contributed by atoms with Crippen molar-refractivity contribution < 1.29 is 14.3 Å². The number of carbonyl (C=O) groups is 2. The normalized spacial score (nSPS) is 11.7. The van der Waals surface area contributed by atoms with E-state index >= 15 is 0 Å². The fourth-order valence-corrected chi connectivity index (χ4v) is 3.40. The van der Waals surface area contributed by atoms with E-state index in [1.54, 1.807) is 11.8 Å². The lowest BCUT2D eigenvalue weighted by Crippen LogP contribution is -2.49. The van der Waals surface area contributed by atoms with Gasteiger partial charge >= 0.3 is 0 Å². The summed E-state index contributed by atoms with van der Waals surface area (Å²) >= 11 is 3.54. The van der Waals surface area contributed by atoms with Gasteiger partial charge in [0, 0.05) is 17.6 Å². The maximum Gasteiger partial charge on any atom is 0.261 e. The number of amides is 2. The highest BCUT2D eigenvalue weighted by molar-refractivity contribution is 9.10. The van der Waals surface area contributed by atoms with E-state index in [2.05, 4.69) is 21.2 Å². The molecule has 0 aliphatic rings. The molecule has 2 amide bonds. The molecule has 6 heteroatoms. The van der Waals surface area contributed by atoms with E-state index in [-0.39, 0.29) is 18.4 Å². The van der Waals surface area contributed by atoms with E-state index in [1.165, 1.54) is 0 Å². The van der Waals surface area contributed by atoms with Crippen molar-refractivity contribution in [1.29, 1.82) is 0 Å². The largest absolute Gasteiger partial charge is 0.484 e. The highest BCUT2D eigenvalue weighted by Crippen LogP contribution is 2.26. The summed E-state index contributed by atoms with van der Waals surface area (Å²) in [6, 6.07) is 11.1. The van der Waals surface area contributed by atoms with Crippen molar-refractivity contribution in [2.75, 3.05) is 13.2 Å². The van der Waals surface area contributed by atoms with Crippen molar-refractivity contribution in [3.05, 3.63) is 63.1 Å². The number of ether oxygens (including phenoxy) is 1. The second-order valence-corrected chi connectivity index (χ2v) is 8.37. The van der Waals surface area contributed by atoms with Crippen LogP contribution in [0.3, 0.4) is 0 Å². The Bertz CT molecular complexity index is 875. The van der Waals surface area contributed by atoms with Crippen molar-refractivity contribution in [2.45, 2.75) is 53.6 Å². The molecule has 2 rings (SSSR count). The van der Waals surface area contributed by atoms with Gasteiger partial charge in [-0.25, -0.2) is 0 Å². The number of nitrogens with one attached hydrogen (secondary N) is 1. The molecule has 0 aromatic heterocycles. The van der Waals surface area contributed by atoms with Crippen LogP contribution in [-0.2, 0) is 16.1 Å². The van der Waals surface area contributed by atoms with E-state index in [1.807, 2.05) is 64.1 Å². The summed E-state index contributed by atoms with van der Waals surface area (Å²) in [6.07, 6.45) is 0.843. The molecular weight excluding hydrogens is 444 g/mol. The lowest BCUT2D eigenvalue weighted by Gasteiger charge is -2.29. The Balaban J connectivity index is 2.18. The summed E-state index contributed by atoms with van der Waals surface area (Å²) < 4.78 is 6.83. The third-order valence-corrected chi connectivity index (χ3v) is 6.34. The van der Waals surface area contributed by atoms with Gasteiger partial charge in [0.2, 0.25) is 5.91 Å². The number of hydrogen-bond acceptors (Lipinski definition) is 3. The average Bonchev–Trinajstić information content (AvgIpc) is 2.72. The number of hydrogen-bond donors (Lipinski definition) is 1. The Labute approximate surface area is 187 Å². The van der Waals surface area contributed by atoms with Crippen LogP contribution in [0.2, 0.25) is 0 Å². The number of benzene rings is 2. The van der Waals surface area contributed by atoms with Crippen LogP contribution in [0.1, 0.15) is 42.5 Å². The van der Waals surface area contributed by atoms with Gasteiger partial charge in [0.25, 0.3) is 5.91 Å². The van der Waals surface area contributed by atoms with Crippen LogP contribution in [0.5, 0.6) is 5.75 Å².